The minimum atomic E-state index is 0.626. The molecule has 0 spiro atoms. The minimum Gasteiger partial charge on any atom is -0.326 e. The van der Waals surface area contributed by atoms with Crippen molar-refractivity contribution in [3.05, 3.63) is 35.4 Å². The van der Waals surface area contributed by atoms with Crippen molar-refractivity contribution in [1.29, 1.82) is 0 Å². The predicted molar refractivity (Wildman–Crippen MR) is 67.1 cm³/mol. The molecule has 0 aromatic heterocycles. The molecule has 1 unspecified atom stereocenters. The largest absolute Gasteiger partial charge is 0.326 e. The normalized spacial score (nSPS) is 21.5. The van der Waals surface area contributed by atoms with Gasteiger partial charge in [-0.3, -0.25) is 0 Å². The van der Waals surface area contributed by atoms with Crippen molar-refractivity contribution >= 4 is 0 Å². The van der Waals surface area contributed by atoms with Crippen molar-refractivity contribution in [2.45, 2.75) is 25.6 Å². The molecule has 0 radical (unpaired) electrons. The molecule has 0 saturated carbocycles. The van der Waals surface area contributed by atoms with Gasteiger partial charge in [0.25, 0.3) is 0 Å². The van der Waals surface area contributed by atoms with E-state index in [2.05, 4.69) is 41.5 Å². The quantitative estimate of drug-likeness (QED) is 0.792. The van der Waals surface area contributed by atoms with Crippen LogP contribution in [0.25, 0.3) is 0 Å². The summed E-state index contributed by atoms with van der Waals surface area (Å²) in [5.74, 6) is 0. The Labute approximate surface area is 97.6 Å². The first kappa shape index (κ1) is 11.6. The van der Waals surface area contributed by atoms with Crippen molar-refractivity contribution < 1.29 is 0 Å². The number of benzene rings is 1. The maximum Gasteiger partial charge on any atom is 0.0210 e. The van der Waals surface area contributed by atoms with Gasteiger partial charge in [0.15, 0.2) is 0 Å². The van der Waals surface area contributed by atoms with Crippen LogP contribution in [0.2, 0.25) is 0 Å². The molecule has 88 valence electrons. The van der Waals surface area contributed by atoms with E-state index >= 15 is 0 Å². The Hall–Kier alpha value is -0.900. The van der Waals surface area contributed by atoms with Gasteiger partial charge in [-0.15, -0.1) is 0 Å². The van der Waals surface area contributed by atoms with Crippen LogP contribution < -0.4 is 11.1 Å². The molecule has 1 aromatic rings. The van der Waals surface area contributed by atoms with E-state index in [1.54, 1.807) is 0 Å². The molecule has 0 aliphatic carbocycles. The second kappa shape index (κ2) is 5.43. The first-order valence-electron chi connectivity index (χ1n) is 5.98. The summed E-state index contributed by atoms with van der Waals surface area (Å²) >= 11 is 0. The van der Waals surface area contributed by atoms with Crippen molar-refractivity contribution in [3.63, 3.8) is 0 Å². The van der Waals surface area contributed by atoms with E-state index in [-0.39, 0.29) is 0 Å². The summed E-state index contributed by atoms with van der Waals surface area (Å²) in [6.07, 6.45) is 1.26. The SMILES string of the molecule is CN1CCC(NCc2ccc(CN)cc2)C1. The molecule has 0 amide bonds. The maximum absolute atomic E-state index is 5.57. The smallest absolute Gasteiger partial charge is 0.0210 e. The zero-order valence-corrected chi connectivity index (χ0v) is 9.95. The lowest BCUT2D eigenvalue weighted by Crippen LogP contribution is -2.30. The summed E-state index contributed by atoms with van der Waals surface area (Å²) in [4.78, 5) is 2.37. The lowest BCUT2D eigenvalue weighted by atomic mass is 10.1. The number of rotatable bonds is 4. The molecule has 1 aliphatic rings. The molecule has 0 bridgehead atoms. The fraction of sp³-hybridized carbons (Fsp3) is 0.538. The van der Waals surface area contributed by atoms with Crippen LogP contribution in [0.15, 0.2) is 24.3 Å². The maximum atomic E-state index is 5.57. The van der Waals surface area contributed by atoms with Crippen molar-refractivity contribution in [2.75, 3.05) is 20.1 Å². The van der Waals surface area contributed by atoms with Gasteiger partial charge in [-0.05, 0) is 31.1 Å². The molecule has 1 aromatic carbocycles. The van der Waals surface area contributed by atoms with E-state index in [1.807, 2.05) is 0 Å². The number of nitrogens with two attached hydrogens (primary N) is 1. The van der Waals surface area contributed by atoms with Crippen molar-refractivity contribution in [2.24, 2.45) is 5.73 Å². The molecule has 1 atom stereocenters. The zero-order valence-electron chi connectivity index (χ0n) is 9.95. The highest BCUT2D eigenvalue weighted by Crippen LogP contribution is 2.08. The third-order valence-corrected chi connectivity index (χ3v) is 3.24. The van der Waals surface area contributed by atoms with Crippen LogP contribution in [0, 0.1) is 0 Å². The fourth-order valence-electron chi connectivity index (χ4n) is 2.16. The third-order valence-electron chi connectivity index (χ3n) is 3.24. The molecule has 1 fully saturated rings. The molecule has 3 heteroatoms. The van der Waals surface area contributed by atoms with Gasteiger partial charge < -0.3 is 16.0 Å². The Bertz CT molecular complexity index is 320. The van der Waals surface area contributed by atoms with E-state index in [1.165, 1.54) is 30.6 Å². The molecule has 16 heavy (non-hydrogen) atoms. The van der Waals surface area contributed by atoms with Gasteiger partial charge in [-0.2, -0.15) is 0 Å². The summed E-state index contributed by atoms with van der Waals surface area (Å²) < 4.78 is 0. The van der Waals surface area contributed by atoms with Crippen LogP contribution in [0.4, 0.5) is 0 Å². The lowest BCUT2D eigenvalue weighted by Gasteiger charge is -2.12. The highest BCUT2D eigenvalue weighted by molar-refractivity contribution is 5.22. The number of likely N-dealkylation sites (tertiary alicyclic amines) is 1. The van der Waals surface area contributed by atoms with Gasteiger partial charge in [0, 0.05) is 25.7 Å². The summed E-state index contributed by atoms with van der Waals surface area (Å²) in [6.45, 7) is 3.97. The van der Waals surface area contributed by atoms with E-state index in [0.717, 1.165) is 6.54 Å². The van der Waals surface area contributed by atoms with Crippen molar-refractivity contribution in [1.82, 2.24) is 10.2 Å². The standard InChI is InChI=1S/C13H21N3/c1-16-7-6-13(10-16)15-9-12-4-2-11(8-14)3-5-12/h2-5,13,15H,6-10,14H2,1H3. The fourth-order valence-corrected chi connectivity index (χ4v) is 2.16. The van der Waals surface area contributed by atoms with Crippen LogP contribution >= 0.6 is 0 Å². The van der Waals surface area contributed by atoms with Crippen LogP contribution in [0.5, 0.6) is 0 Å². The summed E-state index contributed by atoms with van der Waals surface area (Å²) in [5, 5.41) is 3.59. The minimum absolute atomic E-state index is 0.626. The molecular weight excluding hydrogens is 198 g/mol. The number of nitrogens with one attached hydrogen (secondary N) is 1. The second-order valence-electron chi connectivity index (χ2n) is 4.65. The summed E-state index contributed by atoms with van der Waals surface area (Å²) in [5.41, 5.74) is 8.11. The Morgan fingerprint density at radius 3 is 2.56 bits per heavy atom. The first-order valence-corrected chi connectivity index (χ1v) is 5.98. The molecule has 1 heterocycles. The Kier molecular flexibility index (Phi) is 3.93. The number of nitrogens with zero attached hydrogens (tertiary/aromatic N) is 1. The van der Waals surface area contributed by atoms with Gasteiger partial charge in [0.1, 0.15) is 0 Å². The highest BCUT2D eigenvalue weighted by Gasteiger charge is 2.18. The molecule has 3 nitrogen and oxygen atoms in total. The van der Waals surface area contributed by atoms with E-state index in [9.17, 15) is 0 Å². The van der Waals surface area contributed by atoms with Gasteiger partial charge in [-0.25, -0.2) is 0 Å². The zero-order chi connectivity index (χ0) is 11.4. The average molecular weight is 219 g/mol. The first-order chi connectivity index (χ1) is 7.78. The van der Waals surface area contributed by atoms with E-state index < -0.39 is 0 Å². The molecule has 2 rings (SSSR count). The number of likely N-dealkylation sites (N-methyl/N-ethyl adjacent to an activating group) is 1. The topological polar surface area (TPSA) is 41.3 Å². The third kappa shape index (κ3) is 3.04. The lowest BCUT2D eigenvalue weighted by molar-refractivity contribution is 0.397. The molecule has 1 saturated heterocycles. The highest BCUT2D eigenvalue weighted by atomic mass is 15.2. The summed E-state index contributed by atoms with van der Waals surface area (Å²) in [6, 6.07) is 9.19. The van der Waals surface area contributed by atoms with Gasteiger partial charge in [-0.1, -0.05) is 24.3 Å². The average Bonchev–Trinajstić information content (AvgIpc) is 2.73. The van der Waals surface area contributed by atoms with E-state index in [4.69, 9.17) is 5.73 Å². The van der Waals surface area contributed by atoms with Crippen LogP contribution in [-0.2, 0) is 13.1 Å². The number of hydrogen-bond acceptors (Lipinski definition) is 3. The van der Waals surface area contributed by atoms with Gasteiger partial charge >= 0.3 is 0 Å². The van der Waals surface area contributed by atoms with Crippen LogP contribution in [-0.4, -0.2) is 31.1 Å². The second-order valence-corrected chi connectivity index (χ2v) is 4.65. The number of hydrogen-bond donors (Lipinski definition) is 2. The van der Waals surface area contributed by atoms with Crippen molar-refractivity contribution in [3.8, 4) is 0 Å². The molecule has 3 N–H and O–H groups in total. The van der Waals surface area contributed by atoms with Crippen LogP contribution in [0.1, 0.15) is 17.5 Å². The molecular formula is C13H21N3. The van der Waals surface area contributed by atoms with E-state index in [0.29, 0.717) is 12.6 Å². The monoisotopic (exact) mass is 219 g/mol. The Morgan fingerprint density at radius 1 is 1.31 bits per heavy atom. The Morgan fingerprint density at radius 2 is 2.00 bits per heavy atom. The van der Waals surface area contributed by atoms with Gasteiger partial charge in [0.2, 0.25) is 0 Å². The summed E-state index contributed by atoms with van der Waals surface area (Å²) in [7, 11) is 2.18. The Balaban J connectivity index is 1.80. The predicted octanol–water partition coefficient (Wildman–Crippen LogP) is 0.939. The van der Waals surface area contributed by atoms with Crippen LogP contribution in [0.3, 0.4) is 0 Å². The molecule has 1 aliphatic heterocycles. The van der Waals surface area contributed by atoms with Gasteiger partial charge in [0.05, 0.1) is 0 Å².